The zero-order valence-corrected chi connectivity index (χ0v) is 10.4. The molecule has 3 rings (SSSR count). The van der Waals surface area contributed by atoms with Gasteiger partial charge in [-0.15, -0.1) is 0 Å². The molecule has 1 aliphatic rings. The van der Waals surface area contributed by atoms with Crippen molar-refractivity contribution in [2.24, 2.45) is 0 Å². The van der Waals surface area contributed by atoms with Crippen LogP contribution in [0.4, 0.5) is 8.78 Å². The van der Waals surface area contributed by atoms with Crippen molar-refractivity contribution in [1.29, 1.82) is 0 Å². The fraction of sp³-hybridized carbons (Fsp3) is 0. The first kappa shape index (κ1) is 12.0. The number of sulfone groups is 1. The Kier molecular flexibility index (Phi) is 2.53. The summed E-state index contributed by atoms with van der Waals surface area (Å²) in [6.45, 7) is 0. The molecule has 5 heteroatoms. The summed E-state index contributed by atoms with van der Waals surface area (Å²) < 4.78 is 49.5. The molecule has 0 radical (unpaired) electrons. The van der Waals surface area contributed by atoms with Crippen molar-refractivity contribution >= 4 is 19.6 Å². The Morgan fingerprint density at radius 1 is 0.632 bits per heavy atom. The second kappa shape index (κ2) is 3.99. The van der Waals surface area contributed by atoms with Gasteiger partial charge in [-0.3, -0.25) is 0 Å². The molecule has 0 saturated carbocycles. The van der Waals surface area contributed by atoms with E-state index >= 15 is 0 Å². The Morgan fingerprint density at radius 3 is 1.26 bits per heavy atom. The summed E-state index contributed by atoms with van der Waals surface area (Å²) in [5.41, 5.74) is 0.890. The SMILES string of the molecule is O=S1(=O)C(c2ccc(F)cc2)=C1c1ccc(F)cc1. The third-order valence-electron chi connectivity index (χ3n) is 2.91. The molecule has 0 fully saturated rings. The molecule has 0 atom stereocenters. The molecular formula is C14H8F2O2S. The molecule has 0 aromatic heterocycles. The third kappa shape index (κ3) is 1.96. The van der Waals surface area contributed by atoms with Gasteiger partial charge in [0.2, 0.25) is 9.84 Å². The minimum Gasteiger partial charge on any atom is -0.218 e. The summed E-state index contributed by atoms with van der Waals surface area (Å²) in [7, 11) is -3.44. The van der Waals surface area contributed by atoms with Gasteiger partial charge in [0.15, 0.2) is 0 Å². The molecule has 96 valence electrons. The Balaban J connectivity index is 2.09. The van der Waals surface area contributed by atoms with Gasteiger partial charge in [-0.25, -0.2) is 17.2 Å². The highest BCUT2D eigenvalue weighted by atomic mass is 32.2. The maximum Gasteiger partial charge on any atom is 0.210 e. The van der Waals surface area contributed by atoms with Crippen molar-refractivity contribution in [3.63, 3.8) is 0 Å². The molecule has 0 N–H and O–H groups in total. The average molecular weight is 278 g/mol. The van der Waals surface area contributed by atoms with Crippen molar-refractivity contribution in [2.75, 3.05) is 0 Å². The summed E-state index contributed by atoms with van der Waals surface area (Å²) >= 11 is 0. The van der Waals surface area contributed by atoms with Crippen molar-refractivity contribution in [3.05, 3.63) is 71.3 Å². The Bertz CT molecular complexity index is 712. The van der Waals surface area contributed by atoms with Crippen molar-refractivity contribution in [3.8, 4) is 0 Å². The van der Waals surface area contributed by atoms with Gasteiger partial charge in [-0.1, -0.05) is 24.3 Å². The van der Waals surface area contributed by atoms with Crippen LogP contribution < -0.4 is 0 Å². The van der Waals surface area contributed by atoms with Gasteiger partial charge < -0.3 is 0 Å². The summed E-state index contributed by atoms with van der Waals surface area (Å²) in [5, 5.41) is 0. The Morgan fingerprint density at radius 2 is 0.947 bits per heavy atom. The molecule has 1 aliphatic heterocycles. The van der Waals surface area contributed by atoms with E-state index in [1.165, 1.54) is 48.5 Å². The summed E-state index contributed by atoms with van der Waals surface area (Å²) in [6, 6.07) is 10.5. The van der Waals surface area contributed by atoms with Gasteiger partial charge in [-0.2, -0.15) is 0 Å². The first-order valence-electron chi connectivity index (χ1n) is 5.51. The number of hydrogen-bond acceptors (Lipinski definition) is 2. The van der Waals surface area contributed by atoms with E-state index < -0.39 is 21.5 Å². The van der Waals surface area contributed by atoms with Gasteiger partial charge in [0.25, 0.3) is 0 Å². The maximum atomic E-state index is 12.8. The summed E-state index contributed by atoms with van der Waals surface area (Å²) in [6.07, 6.45) is 0. The lowest BCUT2D eigenvalue weighted by Gasteiger charge is -1.91. The van der Waals surface area contributed by atoms with Crippen molar-refractivity contribution < 1.29 is 17.2 Å². The summed E-state index contributed by atoms with van der Waals surface area (Å²) in [5.74, 6) is -0.850. The highest BCUT2D eigenvalue weighted by Crippen LogP contribution is 2.51. The predicted octanol–water partition coefficient (Wildman–Crippen LogP) is 3.22. The molecule has 0 bridgehead atoms. The highest BCUT2D eigenvalue weighted by molar-refractivity contribution is 8.18. The normalized spacial score (nSPS) is 16.5. The standard InChI is InChI=1S/C14H8F2O2S/c15-11-5-1-9(2-6-11)13-14(19(13,17)18)10-3-7-12(16)8-4-10/h1-8H. The monoisotopic (exact) mass is 278 g/mol. The number of rotatable bonds is 2. The first-order chi connectivity index (χ1) is 9.00. The molecule has 0 saturated heterocycles. The van der Waals surface area contributed by atoms with Crippen molar-refractivity contribution in [1.82, 2.24) is 0 Å². The number of hydrogen-bond donors (Lipinski definition) is 0. The molecule has 19 heavy (non-hydrogen) atoms. The lowest BCUT2D eigenvalue weighted by molar-refractivity contribution is 0.618. The smallest absolute Gasteiger partial charge is 0.210 e. The van der Waals surface area contributed by atoms with Crippen LogP contribution in [0.15, 0.2) is 48.5 Å². The van der Waals surface area contributed by atoms with Crippen LogP contribution in [0.1, 0.15) is 11.1 Å². The maximum absolute atomic E-state index is 12.8. The fourth-order valence-electron chi connectivity index (χ4n) is 1.97. The van der Waals surface area contributed by atoms with E-state index in [2.05, 4.69) is 0 Å². The second-order valence-electron chi connectivity index (χ2n) is 4.18. The Hall–Kier alpha value is -2.01. The molecular weight excluding hydrogens is 270 g/mol. The summed E-state index contributed by atoms with van der Waals surface area (Å²) in [4.78, 5) is 0.359. The van der Waals surface area contributed by atoms with Crippen molar-refractivity contribution in [2.45, 2.75) is 0 Å². The Labute approximate surface area is 108 Å². The van der Waals surface area contributed by atoms with Gasteiger partial charge in [0, 0.05) is 0 Å². The van der Waals surface area contributed by atoms with Crippen LogP contribution in [0.5, 0.6) is 0 Å². The zero-order valence-electron chi connectivity index (χ0n) is 9.60. The number of benzene rings is 2. The molecule has 2 nitrogen and oxygen atoms in total. The van der Waals surface area contributed by atoms with Crippen LogP contribution in [0.25, 0.3) is 9.81 Å². The quantitative estimate of drug-likeness (QED) is 0.845. The lowest BCUT2D eigenvalue weighted by Crippen LogP contribution is -1.82. The van der Waals surface area contributed by atoms with E-state index in [1.807, 2.05) is 0 Å². The second-order valence-corrected chi connectivity index (χ2v) is 6.00. The molecule has 0 spiro atoms. The van der Waals surface area contributed by atoms with Crippen LogP contribution in [0, 0.1) is 11.6 Å². The van der Waals surface area contributed by atoms with E-state index in [4.69, 9.17) is 0 Å². The van der Waals surface area contributed by atoms with Crippen LogP contribution in [-0.4, -0.2) is 8.42 Å². The van der Waals surface area contributed by atoms with Gasteiger partial charge in [0.1, 0.15) is 11.6 Å². The van der Waals surface area contributed by atoms with Crippen LogP contribution >= 0.6 is 0 Å². The topological polar surface area (TPSA) is 34.1 Å². The highest BCUT2D eigenvalue weighted by Gasteiger charge is 2.44. The van der Waals surface area contributed by atoms with Crippen LogP contribution in [0.3, 0.4) is 0 Å². The largest absolute Gasteiger partial charge is 0.218 e. The van der Waals surface area contributed by atoms with Crippen LogP contribution in [0.2, 0.25) is 0 Å². The molecule has 2 aromatic rings. The van der Waals surface area contributed by atoms with E-state index in [1.54, 1.807) is 0 Å². The minimum atomic E-state index is -3.44. The minimum absolute atomic E-state index is 0.180. The van der Waals surface area contributed by atoms with Gasteiger partial charge >= 0.3 is 0 Å². The first-order valence-corrected chi connectivity index (χ1v) is 7.00. The molecule has 1 heterocycles. The van der Waals surface area contributed by atoms with E-state index in [0.29, 0.717) is 11.1 Å². The molecule has 2 aromatic carbocycles. The van der Waals surface area contributed by atoms with E-state index in [9.17, 15) is 17.2 Å². The van der Waals surface area contributed by atoms with E-state index in [0.717, 1.165) is 0 Å². The average Bonchev–Trinajstić information content (AvgIpc) is 2.94. The lowest BCUT2D eigenvalue weighted by atomic mass is 10.1. The predicted molar refractivity (Wildman–Crippen MR) is 68.5 cm³/mol. The van der Waals surface area contributed by atoms with E-state index in [-0.39, 0.29) is 9.81 Å². The van der Waals surface area contributed by atoms with Gasteiger partial charge in [0.05, 0.1) is 9.81 Å². The molecule has 0 unspecified atom stereocenters. The number of halogens is 2. The molecule has 0 aliphatic carbocycles. The zero-order chi connectivity index (χ0) is 13.6. The van der Waals surface area contributed by atoms with Gasteiger partial charge in [-0.05, 0) is 35.4 Å². The van der Waals surface area contributed by atoms with Crippen LogP contribution in [-0.2, 0) is 9.84 Å². The molecule has 0 amide bonds. The fourth-order valence-corrected chi connectivity index (χ4v) is 3.69. The third-order valence-corrected chi connectivity index (χ3v) is 4.67.